The molecule has 0 saturated heterocycles. The predicted octanol–water partition coefficient (Wildman–Crippen LogP) is 0.588. The van der Waals surface area contributed by atoms with Crippen LogP contribution in [0.15, 0.2) is 16.9 Å². The lowest BCUT2D eigenvalue weighted by Crippen LogP contribution is -1.93. The second kappa shape index (κ2) is 4.23. The first kappa shape index (κ1) is 10.5. The molecule has 84 valence electrons. The van der Waals surface area contributed by atoms with E-state index in [0.29, 0.717) is 11.6 Å². The van der Waals surface area contributed by atoms with Gasteiger partial charge < -0.3 is 14.4 Å². The molecule has 2 rings (SSSR count). The molecule has 0 amide bonds. The summed E-state index contributed by atoms with van der Waals surface area (Å²) in [5.41, 5.74) is 0.475. The summed E-state index contributed by atoms with van der Waals surface area (Å²) in [6.07, 6.45) is 0.539. The van der Waals surface area contributed by atoms with Crippen molar-refractivity contribution in [3.8, 4) is 17.4 Å². The van der Waals surface area contributed by atoms with Gasteiger partial charge in [0.15, 0.2) is 0 Å². The van der Waals surface area contributed by atoms with E-state index >= 15 is 0 Å². The van der Waals surface area contributed by atoms with Crippen LogP contribution in [0.2, 0.25) is 0 Å². The van der Waals surface area contributed by atoms with Crippen LogP contribution in [0.5, 0.6) is 5.88 Å². The van der Waals surface area contributed by atoms with Crippen molar-refractivity contribution in [2.75, 3.05) is 7.11 Å². The lowest BCUT2D eigenvalue weighted by molar-refractivity contribution is 0.152. The Morgan fingerprint density at radius 2 is 2.25 bits per heavy atom. The summed E-state index contributed by atoms with van der Waals surface area (Å²) in [6, 6.07) is 1.58. The maximum absolute atomic E-state index is 9.23. The zero-order valence-electron chi connectivity index (χ0n) is 8.78. The maximum Gasteiger partial charge on any atom is 0.255 e. The molecule has 2 heterocycles. The standard InChI is InChI=1S/C9H10N4O3/c1-5(14)9-12-8(13-16-9)6-3-7(15-2)11-4-10-6/h3-5,14H,1-2H3. The van der Waals surface area contributed by atoms with Crippen LogP contribution >= 0.6 is 0 Å². The summed E-state index contributed by atoms with van der Waals surface area (Å²) in [6.45, 7) is 1.54. The van der Waals surface area contributed by atoms with E-state index in [-0.39, 0.29) is 11.7 Å². The zero-order chi connectivity index (χ0) is 11.5. The van der Waals surface area contributed by atoms with E-state index < -0.39 is 6.10 Å². The van der Waals surface area contributed by atoms with E-state index in [1.807, 2.05) is 0 Å². The van der Waals surface area contributed by atoms with Crippen molar-refractivity contribution < 1.29 is 14.4 Å². The minimum absolute atomic E-state index is 0.146. The highest BCUT2D eigenvalue weighted by atomic mass is 16.5. The fourth-order valence-electron chi connectivity index (χ4n) is 1.08. The van der Waals surface area contributed by atoms with E-state index in [4.69, 9.17) is 9.26 Å². The molecule has 2 aromatic heterocycles. The van der Waals surface area contributed by atoms with Crippen molar-refractivity contribution in [1.29, 1.82) is 0 Å². The molecule has 0 aromatic carbocycles. The van der Waals surface area contributed by atoms with Crippen molar-refractivity contribution in [3.63, 3.8) is 0 Å². The van der Waals surface area contributed by atoms with Gasteiger partial charge in [0.25, 0.3) is 5.89 Å². The van der Waals surface area contributed by atoms with Gasteiger partial charge in [0, 0.05) is 6.07 Å². The molecule has 1 atom stereocenters. The van der Waals surface area contributed by atoms with E-state index in [9.17, 15) is 5.11 Å². The largest absolute Gasteiger partial charge is 0.481 e. The molecular weight excluding hydrogens is 212 g/mol. The van der Waals surface area contributed by atoms with Crippen molar-refractivity contribution in [2.45, 2.75) is 13.0 Å². The number of aromatic nitrogens is 4. The SMILES string of the molecule is COc1cc(-c2noc(C(C)O)n2)ncn1. The van der Waals surface area contributed by atoms with Gasteiger partial charge in [-0.15, -0.1) is 0 Å². The maximum atomic E-state index is 9.23. The number of aliphatic hydroxyl groups is 1. The minimum atomic E-state index is -0.801. The summed E-state index contributed by atoms with van der Waals surface area (Å²) >= 11 is 0. The van der Waals surface area contributed by atoms with Gasteiger partial charge in [-0.05, 0) is 6.92 Å². The fourth-order valence-corrected chi connectivity index (χ4v) is 1.08. The van der Waals surface area contributed by atoms with Gasteiger partial charge >= 0.3 is 0 Å². The van der Waals surface area contributed by atoms with Crippen molar-refractivity contribution in [1.82, 2.24) is 20.1 Å². The summed E-state index contributed by atoms with van der Waals surface area (Å²) in [4.78, 5) is 11.8. The van der Waals surface area contributed by atoms with Crippen molar-refractivity contribution in [3.05, 3.63) is 18.3 Å². The number of aliphatic hydroxyl groups excluding tert-OH is 1. The molecule has 7 heteroatoms. The Labute approximate surface area is 91.1 Å². The van der Waals surface area contributed by atoms with E-state index in [1.54, 1.807) is 6.07 Å². The van der Waals surface area contributed by atoms with E-state index in [2.05, 4.69) is 20.1 Å². The molecular formula is C9H10N4O3. The Hall–Kier alpha value is -2.02. The Morgan fingerprint density at radius 1 is 1.44 bits per heavy atom. The average Bonchev–Trinajstić information content (AvgIpc) is 2.78. The Balaban J connectivity index is 2.34. The van der Waals surface area contributed by atoms with Crippen LogP contribution in [0.3, 0.4) is 0 Å². The number of hydrogen-bond acceptors (Lipinski definition) is 7. The fraction of sp³-hybridized carbons (Fsp3) is 0.333. The number of nitrogens with zero attached hydrogens (tertiary/aromatic N) is 4. The predicted molar refractivity (Wildman–Crippen MR) is 52.5 cm³/mol. The third-order valence-corrected chi connectivity index (χ3v) is 1.88. The van der Waals surface area contributed by atoms with Gasteiger partial charge in [-0.1, -0.05) is 5.16 Å². The third kappa shape index (κ3) is 1.98. The summed E-state index contributed by atoms with van der Waals surface area (Å²) in [5.74, 6) is 0.845. The highest BCUT2D eigenvalue weighted by Gasteiger charge is 2.14. The smallest absolute Gasteiger partial charge is 0.255 e. The molecule has 0 bridgehead atoms. The molecule has 1 unspecified atom stereocenters. The van der Waals surface area contributed by atoms with Crippen LogP contribution in [-0.2, 0) is 0 Å². The quantitative estimate of drug-likeness (QED) is 0.811. The van der Waals surface area contributed by atoms with Gasteiger partial charge in [0.2, 0.25) is 11.7 Å². The van der Waals surface area contributed by atoms with Gasteiger partial charge in [0.05, 0.1) is 7.11 Å². The highest BCUT2D eigenvalue weighted by Crippen LogP contribution is 2.18. The van der Waals surface area contributed by atoms with Gasteiger partial charge in [-0.3, -0.25) is 0 Å². The molecule has 0 spiro atoms. The lowest BCUT2D eigenvalue weighted by Gasteiger charge is -1.97. The molecule has 0 aliphatic carbocycles. The van der Waals surface area contributed by atoms with Crippen LogP contribution in [0.1, 0.15) is 18.9 Å². The van der Waals surface area contributed by atoms with Crippen LogP contribution in [0.4, 0.5) is 0 Å². The van der Waals surface area contributed by atoms with Crippen molar-refractivity contribution in [2.24, 2.45) is 0 Å². The molecule has 0 aliphatic rings. The summed E-state index contributed by atoms with van der Waals surface area (Å²) in [7, 11) is 1.50. The van der Waals surface area contributed by atoms with Gasteiger partial charge in [0.1, 0.15) is 18.1 Å². The summed E-state index contributed by atoms with van der Waals surface area (Å²) < 4.78 is 9.79. The first-order valence-electron chi connectivity index (χ1n) is 4.59. The molecule has 0 aliphatic heterocycles. The Kier molecular flexibility index (Phi) is 2.78. The number of rotatable bonds is 3. The molecule has 1 N–H and O–H groups in total. The Morgan fingerprint density at radius 3 is 2.88 bits per heavy atom. The molecule has 7 nitrogen and oxygen atoms in total. The second-order valence-corrected chi connectivity index (χ2v) is 3.08. The first-order valence-corrected chi connectivity index (χ1v) is 4.59. The molecule has 0 fully saturated rings. The lowest BCUT2D eigenvalue weighted by atomic mass is 10.3. The normalized spacial score (nSPS) is 12.4. The number of ether oxygens (including phenoxy) is 1. The van der Waals surface area contributed by atoms with Crippen LogP contribution in [0.25, 0.3) is 11.5 Å². The summed E-state index contributed by atoms with van der Waals surface area (Å²) in [5, 5.41) is 12.9. The first-order chi connectivity index (χ1) is 7.70. The highest BCUT2D eigenvalue weighted by molar-refractivity contribution is 5.49. The molecule has 2 aromatic rings. The van der Waals surface area contributed by atoms with Crippen LogP contribution < -0.4 is 4.74 Å². The average molecular weight is 222 g/mol. The molecule has 0 radical (unpaired) electrons. The van der Waals surface area contributed by atoms with E-state index in [1.165, 1.54) is 20.4 Å². The molecule has 16 heavy (non-hydrogen) atoms. The monoisotopic (exact) mass is 222 g/mol. The topological polar surface area (TPSA) is 94.2 Å². The van der Waals surface area contributed by atoms with E-state index in [0.717, 1.165) is 0 Å². The third-order valence-electron chi connectivity index (χ3n) is 1.88. The van der Waals surface area contributed by atoms with Gasteiger partial charge in [-0.2, -0.15) is 4.98 Å². The molecule has 0 saturated carbocycles. The second-order valence-electron chi connectivity index (χ2n) is 3.08. The van der Waals surface area contributed by atoms with Crippen molar-refractivity contribution >= 4 is 0 Å². The number of methoxy groups -OCH3 is 1. The zero-order valence-corrected chi connectivity index (χ0v) is 8.78. The van der Waals surface area contributed by atoms with Gasteiger partial charge in [-0.25, -0.2) is 9.97 Å². The Bertz CT molecular complexity index is 483. The number of hydrogen-bond donors (Lipinski definition) is 1. The minimum Gasteiger partial charge on any atom is -0.481 e. The van der Waals surface area contributed by atoms with Crippen LogP contribution in [0, 0.1) is 0 Å². The van der Waals surface area contributed by atoms with Crippen LogP contribution in [-0.4, -0.2) is 32.3 Å².